The Balaban J connectivity index is 1.84. The van der Waals surface area contributed by atoms with Crippen molar-refractivity contribution in [3.05, 3.63) is 38.3 Å². The summed E-state index contributed by atoms with van der Waals surface area (Å²) in [4.78, 5) is 4.39. The molecule has 0 saturated heterocycles. The molecule has 3 rings (SSSR count). The summed E-state index contributed by atoms with van der Waals surface area (Å²) < 4.78 is 12.2. The number of halogens is 1. The molecule has 0 fully saturated rings. The Hall–Kier alpha value is -1.11. The molecule has 0 amide bonds. The van der Waals surface area contributed by atoms with Gasteiger partial charge in [0.1, 0.15) is 0 Å². The van der Waals surface area contributed by atoms with E-state index in [2.05, 4.69) is 20.9 Å². The highest BCUT2D eigenvalue weighted by Gasteiger charge is 2.19. The predicted molar refractivity (Wildman–Crippen MR) is 85.3 cm³/mol. The van der Waals surface area contributed by atoms with Crippen molar-refractivity contribution in [2.75, 3.05) is 13.2 Å². The van der Waals surface area contributed by atoms with Gasteiger partial charge in [0.15, 0.2) is 11.5 Å². The summed E-state index contributed by atoms with van der Waals surface area (Å²) in [6.45, 7) is 3.24. The minimum Gasteiger partial charge on any atom is -0.490 e. The smallest absolute Gasteiger partial charge is 0.175 e. The van der Waals surface area contributed by atoms with Gasteiger partial charge in [0.2, 0.25) is 0 Å². The number of aliphatic hydroxyl groups excluding tert-OH is 1. The highest BCUT2D eigenvalue weighted by molar-refractivity contribution is 9.10. The minimum atomic E-state index is -0.611. The molecule has 1 aliphatic heterocycles. The molecule has 2 aromatic rings. The van der Waals surface area contributed by atoms with E-state index in [1.807, 2.05) is 24.4 Å². The van der Waals surface area contributed by atoms with Gasteiger partial charge in [0, 0.05) is 18.2 Å². The van der Waals surface area contributed by atoms with Crippen LogP contribution in [0.4, 0.5) is 0 Å². The van der Waals surface area contributed by atoms with Crippen molar-refractivity contribution in [2.45, 2.75) is 25.9 Å². The van der Waals surface area contributed by atoms with Gasteiger partial charge >= 0.3 is 0 Å². The minimum absolute atomic E-state index is 0.496. The third-order valence-corrected chi connectivity index (χ3v) is 4.69. The first-order chi connectivity index (χ1) is 10.1. The molecule has 0 bridgehead atoms. The SMILES string of the molecule is Cc1nc(CC(O)c2cc(Br)c3c(c2)OCCCO3)cs1. The van der Waals surface area contributed by atoms with Crippen LogP contribution in [0.3, 0.4) is 0 Å². The molecular formula is C15H16BrNO3S. The Bertz CT molecular complexity index is 644. The lowest BCUT2D eigenvalue weighted by Crippen LogP contribution is -2.04. The monoisotopic (exact) mass is 369 g/mol. The second kappa shape index (κ2) is 6.34. The van der Waals surface area contributed by atoms with E-state index >= 15 is 0 Å². The second-order valence-corrected chi connectivity index (χ2v) is 6.87. The van der Waals surface area contributed by atoms with Crippen LogP contribution in [0.15, 0.2) is 22.0 Å². The Morgan fingerprint density at radius 3 is 2.95 bits per heavy atom. The summed E-state index contributed by atoms with van der Waals surface area (Å²) in [5, 5.41) is 13.4. The predicted octanol–water partition coefficient (Wildman–Crippen LogP) is 3.65. The third kappa shape index (κ3) is 3.39. The van der Waals surface area contributed by atoms with Gasteiger partial charge in [-0.3, -0.25) is 0 Å². The molecule has 0 saturated carbocycles. The number of hydrogen-bond donors (Lipinski definition) is 1. The van der Waals surface area contributed by atoms with Crippen molar-refractivity contribution in [3.8, 4) is 11.5 Å². The molecule has 1 N–H and O–H groups in total. The maximum absolute atomic E-state index is 10.4. The average molecular weight is 370 g/mol. The molecule has 1 aromatic heterocycles. The third-order valence-electron chi connectivity index (χ3n) is 3.28. The summed E-state index contributed by atoms with van der Waals surface area (Å²) in [6, 6.07) is 3.74. The lowest BCUT2D eigenvalue weighted by atomic mass is 10.0. The van der Waals surface area contributed by atoms with E-state index in [0.29, 0.717) is 31.1 Å². The molecule has 1 unspecified atom stereocenters. The molecule has 0 aliphatic carbocycles. The van der Waals surface area contributed by atoms with Crippen LogP contribution in [0.2, 0.25) is 0 Å². The highest BCUT2D eigenvalue weighted by Crippen LogP contribution is 2.40. The number of benzene rings is 1. The van der Waals surface area contributed by atoms with E-state index < -0.39 is 6.10 Å². The number of fused-ring (bicyclic) bond motifs is 1. The summed E-state index contributed by atoms with van der Waals surface area (Å²) >= 11 is 5.09. The number of aromatic nitrogens is 1. The quantitative estimate of drug-likeness (QED) is 0.896. The Kier molecular flexibility index (Phi) is 4.47. The van der Waals surface area contributed by atoms with E-state index in [4.69, 9.17) is 9.47 Å². The number of thiazole rings is 1. The summed E-state index contributed by atoms with van der Waals surface area (Å²) in [6.07, 6.45) is 0.744. The summed E-state index contributed by atoms with van der Waals surface area (Å²) in [5.74, 6) is 1.40. The maximum atomic E-state index is 10.4. The number of hydrogen-bond acceptors (Lipinski definition) is 5. The van der Waals surface area contributed by atoms with E-state index in [9.17, 15) is 5.11 Å². The zero-order valence-corrected chi connectivity index (χ0v) is 14.0. The van der Waals surface area contributed by atoms with Crippen molar-refractivity contribution in [1.29, 1.82) is 0 Å². The highest BCUT2D eigenvalue weighted by atomic mass is 79.9. The molecule has 0 spiro atoms. The van der Waals surface area contributed by atoms with Crippen LogP contribution in [0.1, 0.15) is 28.8 Å². The zero-order chi connectivity index (χ0) is 14.8. The molecule has 0 radical (unpaired) electrons. The Morgan fingerprint density at radius 1 is 1.38 bits per heavy atom. The van der Waals surface area contributed by atoms with Gasteiger partial charge in [-0.1, -0.05) is 0 Å². The first-order valence-corrected chi connectivity index (χ1v) is 8.49. The normalized spacial score (nSPS) is 15.6. The number of aryl methyl sites for hydroxylation is 1. The molecule has 21 heavy (non-hydrogen) atoms. The van der Waals surface area contributed by atoms with Gasteiger partial charge in [-0.15, -0.1) is 11.3 Å². The molecule has 4 nitrogen and oxygen atoms in total. The van der Waals surface area contributed by atoms with Crippen LogP contribution in [0, 0.1) is 6.92 Å². The molecule has 6 heteroatoms. The molecule has 112 valence electrons. The lowest BCUT2D eigenvalue weighted by Gasteiger charge is -2.15. The number of rotatable bonds is 3. The van der Waals surface area contributed by atoms with Gasteiger partial charge in [0.25, 0.3) is 0 Å². The number of ether oxygens (including phenoxy) is 2. The van der Waals surface area contributed by atoms with Crippen molar-refractivity contribution in [3.63, 3.8) is 0 Å². The summed E-state index contributed by atoms with van der Waals surface area (Å²) in [7, 11) is 0. The molecule has 2 heterocycles. The Morgan fingerprint density at radius 2 is 2.19 bits per heavy atom. The van der Waals surface area contributed by atoms with E-state index in [0.717, 1.165) is 27.2 Å². The van der Waals surface area contributed by atoms with Crippen molar-refractivity contribution < 1.29 is 14.6 Å². The number of aliphatic hydroxyl groups is 1. The van der Waals surface area contributed by atoms with E-state index in [1.165, 1.54) is 0 Å². The van der Waals surface area contributed by atoms with Gasteiger partial charge in [-0.05, 0) is 40.5 Å². The topological polar surface area (TPSA) is 51.6 Å². The van der Waals surface area contributed by atoms with Crippen LogP contribution < -0.4 is 9.47 Å². The van der Waals surface area contributed by atoms with Crippen molar-refractivity contribution >= 4 is 27.3 Å². The molecule has 1 atom stereocenters. The van der Waals surface area contributed by atoms with Gasteiger partial charge in [-0.25, -0.2) is 4.98 Å². The number of nitrogens with zero attached hydrogens (tertiary/aromatic N) is 1. The second-order valence-electron chi connectivity index (χ2n) is 4.96. The standard InChI is InChI=1S/C15H16BrNO3S/c1-9-17-11(8-21-9)7-13(18)10-5-12(16)15-14(6-10)19-3-2-4-20-15/h5-6,8,13,18H,2-4,7H2,1H3. The first-order valence-electron chi connectivity index (χ1n) is 6.81. The summed E-state index contributed by atoms with van der Waals surface area (Å²) in [5.41, 5.74) is 1.71. The molecule has 1 aromatic carbocycles. The molecule has 1 aliphatic rings. The van der Waals surface area contributed by atoms with Gasteiger partial charge in [-0.2, -0.15) is 0 Å². The molecular weight excluding hydrogens is 354 g/mol. The van der Waals surface area contributed by atoms with Crippen molar-refractivity contribution in [1.82, 2.24) is 4.98 Å². The van der Waals surface area contributed by atoms with Crippen LogP contribution in [-0.4, -0.2) is 23.3 Å². The van der Waals surface area contributed by atoms with Crippen LogP contribution in [-0.2, 0) is 6.42 Å². The van der Waals surface area contributed by atoms with E-state index in [-0.39, 0.29) is 0 Å². The largest absolute Gasteiger partial charge is 0.490 e. The fourth-order valence-electron chi connectivity index (χ4n) is 2.26. The maximum Gasteiger partial charge on any atom is 0.175 e. The average Bonchev–Trinajstić information content (AvgIpc) is 2.72. The van der Waals surface area contributed by atoms with Crippen LogP contribution in [0.25, 0.3) is 0 Å². The van der Waals surface area contributed by atoms with Crippen molar-refractivity contribution in [2.24, 2.45) is 0 Å². The fourth-order valence-corrected chi connectivity index (χ4v) is 3.46. The lowest BCUT2D eigenvalue weighted by molar-refractivity contribution is 0.176. The fraction of sp³-hybridized carbons (Fsp3) is 0.400. The van der Waals surface area contributed by atoms with Crippen LogP contribution >= 0.6 is 27.3 Å². The van der Waals surface area contributed by atoms with Gasteiger partial charge < -0.3 is 14.6 Å². The Labute approximate surface area is 135 Å². The zero-order valence-electron chi connectivity index (χ0n) is 11.6. The van der Waals surface area contributed by atoms with E-state index in [1.54, 1.807) is 11.3 Å². The van der Waals surface area contributed by atoms with Crippen LogP contribution in [0.5, 0.6) is 11.5 Å². The first kappa shape index (κ1) is 14.8. The van der Waals surface area contributed by atoms with Gasteiger partial charge in [0.05, 0.1) is 34.5 Å².